The van der Waals surface area contributed by atoms with Gasteiger partial charge in [0, 0.05) is 0 Å². The molecule has 4 aliphatic carbocycles. The van der Waals surface area contributed by atoms with Crippen molar-refractivity contribution in [1.82, 2.24) is 0 Å². The molecule has 0 spiro atoms. The van der Waals surface area contributed by atoms with Crippen molar-refractivity contribution in [2.45, 2.75) is 70.3 Å². The predicted molar refractivity (Wildman–Crippen MR) is 140 cm³/mol. The minimum Gasteiger partial charge on any atom is -0.482 e. The predicted octanol–water partition coefficient (Wildman–Crippen LogP) is 6.64. The van der Waals surface area contributed by atoms with E-state index < -0.39 is 11.6 Å². The topological polar surface area (TPSA) is 72.8 Å². The molecule has 0 aromatic heterocycles. The van der Waals surface area contributed by atoms with E-state index in [0.29, 0.717) is 11.3 Å². The highest BCUT2D eigenvalue weighted by molar-refractivity contribution is 6.15. The largest absolute Gasteiger partial charge is 0.482 e. The molecule has 0 radical (unpaired) electrons. The van der Waals surface area contributed by atoms with Gasteiger partial charge in [0.05, 0.1) is 5.57 Å². The number of carboxylic acids is 1. The molecule has 0 saturated heterocycles. The highest BCUT2D eigenvalue weighted by Crippen LogP contribution is 2.62. The van der Waals surface area contributed by atoms with Gasteiger partial charge in [0.25, 0.3) is 0 Å². The average Bonchev–Trinajstić information content (AvgIpc) is 2.80. The van der Waals surface area contributed by atoms with Crippen LogP contribution in [0.4, 0.5) is 0 Å². The van der Waals surface area contributed by atoms with E-state index in [1.165, 1.54) is 49.7 Å². The number of esters is 1. The number of carboxylic acid groups (broad SMARTS) is 1. The fourth-order valence-corrected chi connectivity index (χ4v) is 7.20. The fourth-order valence-electron chi connectivity index (χ4n) is 7.20. The zero-order valence-corrected chi connectivity index (χ0v) is 21.5. The van der Waals surface area contributed by atoms with Gasteiger partial charge in [0.2, 0.25) is 0 Å². The summed E-state index contributed by atoms with van der Waals surface area (Å²) in [5, 5.41) is 8.90. The summed E-state index contributed by atoms with van der Waals surface area (Å²) in [5.41, 5.74) is 4.29. The normalized spacial score (nSPS) is 26.5. The van der Waals surface area contributed by atoms with Gasteiger partial charge < -0.3 is 14.6 Å². The summed E-state index contributed by atoms with van der Waals surface area (Å²) in [6, 6.07) is 13.9. The van der Waals surface area contributed by atoms with Crippen molar-refractivity contribution < 1.29 is 24.2 Å². The lowest BCUT2D eigenvalue weighted by Crippen LogP contribution is -2.48. The van der Waals surface area contributed by atoms with Crippen molar-refractivity contribution in [3.8, 4) is 16.9 Å². The maximum Gasteiger partial charge on any atom is 0.341 e. The summed E-state index contributed by atoms with van der Waals surface area (Å²) in [6.07, 6.45) is 7.67. The van der Waals surface area contributed by atoms with E-state index in [9.17, 15) is 9.59 Å². The summed E-state index contributed by atoms with van der Waals surface area (Å²) in [7, 11) is 0. The second-order valence-electron chi connectivity index (χ2n) is 12.1. The lowest BCUT2D eigenvalue weighted by Gasteiger charge is -2.57. The SMILES string of the molecule is C=C(C(=O)OC(C)(C)C)c1ccc(-c2ccc(OCC(=O)O)cc2)c(C23CC4CC(CC(C4)C2)C3)c1. The fraction of sp³-hybridized carbons (Fsp3) is 0.484. The molecule has 4 fully saturated rings. The standard InChI is InChI=1S/C31H36O5/c1-19(29(34)36-30(2,3)4)24-7-10-26(23-5-8-25(9-6-23)35-18-28(32)33)27(14-24)31-15-20-11-21(16-31)13-22(12-20)17-31/h5-10,14,20-22H,1,11-13,15-18H2,2-4H3,(H,32,33). The van der Waals surface area contributed by atoms with E-state index >= 15 is 0 Å². The van der Waals surface area contributed by atoms with Gasteiger partial charge in [0.15, 0.2) is 6.61 Å². The molecule has 4 saturated carbocycles. The number of hydrogen-bond donors (Lipinski definition) is 1. The molecule has 0 amide bonds. The van der Waals surface area contributed by atoms with E-state index in [1.807, 2.05) is 51.1 Å². The first-order valence-corrected chi connectivity index (χ1v) is 13.0. The third-order valence-electron chi connectivity index (χ3n) is 8.15. The number of aliphatic carboxylic acids is 1. The van der Waals surface area contributed by atoms with E-state index in [2.05, 4.69) is 18.7 Å². The molecule has 190 valence electrons. The summed E-state index contributed by atoms with van der Waals surface area (Å²) >= 11 is 0. The molecule has 0 atom stereocenters. The number of carbonyl (C=O) groups is 2. The minimum atomic E-state index is -0.996. The molecule has 2 aromatic carbocycles. The Morgan fingerprint density at radius 2 is 1.56 bits per heavy atom. The third-order valence-corrected chi connectivity index (χ3v) is 8.15. The monoisotopic (exact) mass is 488 g/mol. The van der Waals surface area contributed by atoms with Crippen LogP contribution in [0.3, 0.4) is 0 Å². The molecule has 4 bridgehead atoms. The molecule has 5 nitrogen and oxygen atoms in total. The van der Waals surface area contributed by atoms with Gasteiger partial charge in [-0.1, -0.05) is 30.8 Å². The minimum absolute atomic E-state index is 0.118. The van der Waals surface area contributed by atoms with Crippen molar-refractivity contribution in [2.75, 3.05) is 6.61 Å². The van der Waals surface area contributed by atoms with Crippen LogP contribution in [0.15, 0.2) is 49.0 Å². The average molecular weight is 489 g/mol. The number of hydrogen-bond acceptors (Lipinski definition) is 4. The van der Waals surface area contributed by atoms with E-state index in [4.69, 9.17) is 14.6 Å². The van der Waals surface area contributed by atoms with Crippen molar-refractivity contribution in [3.63, 3.8) is 0 Å². The Bertz CT molecular complexity index is 1150. The van der Waals surface area contributed by atoms with Crippen LogP contribution in [0.2, 0.25) is 0 Å². The summed E-state index contributed by atoms with van der Waals surface area (Å²) in [5.74, 6) is 1.51. The quantitative estimate of drug-likeness (QED) is 0.349. The lowest BCUT2D eigenvalue weighted by atomic mass is 9.47. The first-order valence-electron chi connectivity index (χ1n) is 13.0. The summed E-state index contributed by atoms with van der Waals surface area (Å²) < 4.78 is 11.0. The van der Waals surface area contributed by atoms with Gasteiger partial charge in [-0.15, -0.1) is 0 Å². The Labute approximate surface area is 213 Å². The van der Waals surface area contributed by atoms with Crippen LogP contribution < -0.4 is 4.74 Å². The number of ether oxygens (including phenoxy) is 2. The van der Waals surface area contributed by atoms with Crippen LogP contribution in [0.1, 0.15) is 70.4 Å². The third kappa shape index (κ3) is 4.93. The van der Waals surface area contributed by atoms with Gasteiger partial charge in [-0.05, 0) is 123 Å². The Morgan fingerprint density at radius 3 is 2.08 bits per heavy atom. The molecule has 0 heterocycles. The Kier molecular flexibility index (Phi) is 6.22. The highest BCUT2D eigenvalue weighted by atomic mass is 16.6. The maximum absolute atomic E-state index is 12.8. The van der Waals surface area contributed by atoms with Crippen molar-refractivity contribution in [3.05, 3.63) is 60.2 Å². The van der Waals surface area contributed by atoms with Gasteiger partial charge in [-0.3, -0.25) is 0 Å². The molecule has 5 heteroatoms. The van der Waals surface area contributed by atoms with Crippen LogP contribution in [-0.2, 0) is 19.7 Å². The number of rotatable bonds is 7. The van der Waals surface area contributed by atoms with Crippen LogP contribution >= 0.6 is 0 Å². The van der Waals surface area contributed by atoms with Crippen molar-refractivity contribution in [1.29, 1.82) is 0 Å². The zero-order valence-electron chi connectivity index (χ0n) is 21.5. The first-order chi connectivity index (χ1) is 17.0. The molecule has 0 unspecified atom stereocenters. The zero-order chi connectivity index (χ0) is 25.7. The highest BCUT2D eigenvalue weighted by Gasteiger charge is 2.52. The molecule has 4 aliphatic rings. The molecule has 1 N–H and O–H groups in total. The molecular formula is C31H36O5. The van der Waals surface area contributed by atoms with Gasteiger partial charge in [-0.2, -0.15) is 0 Å². The summed E-state index contributed by atoms with van der Waals surface area (Å²) in [4.78, 5) is 23.7. The molecular weight excluding hydrogens is 452 g/mol. The van der Waals surface area contributed by atoms with E-state index in [0.717, 1.165) is 28.9 Å². The Balaban J connectivity index is 1.53. The van der Waals surface area contributed by atoms with Gasteiger partial charge in [-0.25, -0.2) is 9.59 Å². The van der Waals surface area contributed by atoms with Crippen LogP contribution in [0, 0.1) is 17.8 Å². The lowest BCUT2D eigenvalue weighted by molar-refractivity contribution is -0.147. The first kappa shape index (κ1) is 24.6. The van der Waals surface area contributed by atoms with Crippen LogP contribution in [-0.4, -0.2) is 29.3 Å². The second-order valence-corrected chi connectivity index (χ2v) is 12.1. The smallest absolute Gasteiger partial charge is 0.341 e. The molecule has 6 rings (SSSR count). The van der Waals surface area contributed by atoms with Crippen LogP contribution in [0.5, 0.6) is 5.75 Å². The van der Waals surface area contributed by atoms with Crippen molar-refractivity contribution >= 4 is 17.5 Å². The van der Waals surface area contributed by atoms with Gasteiger partial charge >= 0.3 is 11.9 Å². The van der Waals surface area contributed by atoms with Gasteiger partial charge in [0.1, 0.15) is 11.4 Å². The Morgan fingerprint density at radius 1 is 0.972 bits per heavy atom. The molecule has 36 heavy (non-hydrogen) atoms. The summed E-state index contributed by atoms with van der Waals surface area (Å²) in [6.45, 7) is 9.35. The molecule has 0 aliphatic heterocycles. The van der Waals surface area contributed by atoms with Crippen molar-refractivity contribution in [2.24, 2.45) is 17.8 Å². The Hall–Kier alpha value is -3.08. The van der Waals surface area contributed by atoms with Crippen LogP contribution in [0.25, 0.3) is 16.7 Å². The van der Waals surface area contributed by atoms with E-state index in [1.54, 1.807) is 0 Å². The van der Waals surface area contributed by atoms with E-state index in [-0.39, 0.29) is 18.0 Å². The maximum atomic E-state index is 12.8. The second kappa shape index (κ2) is 9.10. The molecule has 2 aromatic rings. The number of carbonyl (C=O) groups excluding carboxylic acids is 1. The number of benzene rings is 2.